The number of hydrogen-bond donors (Lipinski definition) is 3. The van der Waals surface area contributed by atoms with Gasteiger partial charge in [-0.15, -0.1) is 0 Å². The summed E-state index contributed by atoms with van der Waals surface area (Å²) in [6.45, 7) is 1.67. The Hall–Kier alpha value is -3.80. The molecule has 0 radical (unpaired) electrons. The van der Waals surface area contributed by atoms with Crippen molar-refractivity contribution in [2.75, 3.05) is 11.1 Å². The molecule has 0 amide bonds. The van der Waals surface area contributed by atoms with Crippen LogP contribution in [0.5, 0.6) is 0 Å². The lowest BCUT2D eigenvalue weighted by Gasteiger charge is -2.17. The lowest BCUT2D eigenvalue weighted by molar-refractivity contribution is 0.0695. The number of nitrogens with two attached hydrogens (primary N) is 1. The number of fused-ring (bicyclic) bond motifs is 1. The van der Waals surface area contributed by atoms with Gasteiger partial charge >= 0.3 is 5.97 Å². The van der Waals surface area contributed by atoms with Gasteiger partial charge in [0.1, 0.15) is 35.4 Å². The van der Waals surface area contributed by atoms with Crippen LogP contribution in [0.25, 0.3) is 10.9 Å². The molecule has 0 saturated carbocycles. The molecule has 0 fully saturated rings. The molecule has 2 heterocycles. The van der Waals surface area contributed by atoms with Crippen LogP contribution in [0, 0.1) is 17.1 Å². The normalized spacial score (nSPS) is 11.7. The van der Waals surface area contributed by atoms with Crippen LogP contribution in [0.4, 0.5) is 16.0 Å². The predicted molar refractivity (Wildman–Crippen MR) is 91.9 cm³/mol. The summed E-state index contributed by atoms with van der Waals surface area (Å²) in [6, 6.07) is 6.58. The van der Waals surface area contributed by atoms with Crippen molar-refractivity contribution in [2.45, 2.75) is 13.0 Å². The van der Waals surface area contributed by atoms with Crippen LogP contribution in [-0.4, -0.2) is 26.0 Å². The average Bonchev–Trinajstić information content (AvgIpc) is 2.60. The Labute approximate surface area is 147 Å². The summed E-state index contributed by atoms with van der Waals surface area (Å²) in [7, 11) is 0. The number of nitrogen functional groups attached to an aromatic ring is 1. The number of anilines is 2. The minimum atomic E-state index is -1.20. The summed E-state index contributed by atoms with van der Waals surface area (Å²) >= 11 is 0. The highest BCUT2D eigenvalue weighted by molar-refractivity contribution is 5.94. The number of rotatable bonds is 4. The van der Waals surface area contributed by atoms with Crippen LogP contribution in [0.3, 0.4) is 0 Å². The number of nitrogens with one attached hydrogen (secondary N) is 1. The molecule has 0 bridgehead atoms. The smallest absolute Gasteiger partial charge is 0.337 e. The molecule has 0 aliphatic rings. The van der Waals surface area contributed by atoms with Crippen molar-refractivity contribution in [3.63, 3.8) is 0 Å². The zero-order valence-electron chi connectivity index (χ0n) is 13.6. The standard InChI is InChI=1S/C17H13FN6O2/c1-8(23-16-12(6-19)15(20)21-7-22-16)14-11(17(25)26)5-9-4-10(18)2-3-13(9)24-14/h2-5,7-8H,1H3,(H,25,26)(H3,20,21,22,23). The van der Waals surface area contributed by atoms with E-state index in [-0.39, 0.29) is 28.5 Å². The molecule has 8 nitrogen and oxygen atoms in total. The zero-order valence-corrected chi connectivity index (χ0v) is 13.6. The van der Waals surface area contributed by atoms with Crippen LogP contribution >= 0.6 is 0 Å². The van der Waals surface area contributed by atoms with E-state index >= 15 is 0 Å². The maximum atomic E-state index is 13.4. The molecule has 1 aromatic carbocycles. The highest BCUT2D eigenvalue weighted by Gasteiger charge is 2.21. The second kappa shape index (κ2) is 6.60. The van der Waals surface area contributed by atoms with Gasteiger partial charge in [-0.05, 0) is 31.2 Å². The molecular weight excluding hydrogens is 339 g/mol. The van der Waals surface area contributed by atoms with Gasteiger partial charge in [-0.1, -0.05) is 0 Å². The molecular formula is C17H13FN6O2. The first-order valence-electron chi connectivity index (χ1n) is 7.51. The summed E-state index contributed by atoms with van der Waals surface area (Å²) in [5.41, 5.74) is 6.30. The summed E-state index contributed by atoms with van der Waals surface area (Å²) in [5.74, 6) is -1.50. The average molecular weight is 352 g/mol. The van der Waals surface area contributed by atoms with Crippen LogP contribution in [0.1, 0.15) is 34.6 Å². The number of halogens is 1. The number of aromatic carboxylic acids is 1. The second-order valence-corrected chi connectivity index (χ2v) is 5.52. The number of aromatic nitrogens is 3. The molecule has 9 heteroatoms. The first-order chi connectivity index (χ1) is 12.4. The van der Waals surface area contributed by atoms with Crippen molar-refractivity contribution in [2.24, 2.45) is 0 Å². The second-order valence-electron chi connectivity index (χ2n) is 5.52. The first kappa shape index (κ1) is 17.0. The minimum absolute atomic E-state index is 0.0117. The number of pyridine rings is 1. The molecule has 130 valence electrons. The van der Waals surface area contributed by atoms with Crippen molar-refractivity contribution in [1.82, 2.24) is 15.0 Å². The number of carbonyl (C=O) groups is 1. The summed E-state index contributed by atoms with van der Waals surface area (Å²) in [6.07, 6.45) is 1.19. The summed E-state index contributed by atoms with van der Waals surface area (Å²) in [4.78, 5) is 23.7. The van der Waals surface area contributed by atoms with Gasteiger partial charge < -0.3 is 16.2 Å². The van der Waals surface area contributed by atoms with E-state index in [4.69, 9.17) is 5.73 Å². The number of carboxylic acid groups (broad SMARTS) is 1. The molecule has 4 N–H and O–H groups in total. The Morgan fingerprint density at radius 1 is 1.38 bits per heavy atom. The molecule has 0 aliphatic heterocycles. The van der Waals surface area contributed by atoms with E-state index in [0.717, 1.165) is 0 Å². The van der Waals surface area contributed by atoms with E-state index in [9.17, 15) is 19.6 Å². The number of nitriles is 1. The van der Waals surface area contributed by atoms with Crippen molar-refractivity contribution >= 4 is 28.5 Å². The van der Waals surface area contributed by atoms with Crippen molar-refractivity contribution in [3.8, 4) is 6.07 Å². The fourth-order valence-corrected chi connectivity index (χ4v) is 2.56. The van der Waals surface area contributed by atoms with Gasteiger partial charge in [0.05, 0.1) is 22.8 Å². The number of benzene rings is 1. The van der Waals surface area contributed by atoms with E-state index in [1.807, 2.05) is 6.07 Å². The quantitative estimate of drug-likeness (QED) is 0.651. The van der Waals surface area contributed by atoms with E-state index < -0.39 is 17.8 Å². The van der Waals surface area contributed by atoms with Crippen LogP contribution in [0.2, 0.25) is 0 Å². The molecule has 3 aromatic rings. The maximum absolute atomic E-state index is 13.4. The Morgan fingerprint density at radius 2 is 2.15 bits per heavy atom. The van der Waals surface area contributed by atoms with Gasteiger partial charge in [0.25, 0.3) is 0 Å². The Kier molecular flexibility index (Phi) is 4.33. The minimum Gasteiger partial charge on any atom is -0.478 e. The molecule has 0 spiro atoms. The van der Waals surface area contributed by atoms with E-state index in [1.165, 1.54) is 30.6 Å². The zero-order chi connectivity index (χ0) is 18.8. The molecule has 1 unspecified atom stereocenters. The molecule has 0 saturated heterocycles. The van der Waals surface area contributed by atoms with Crippen molar-refractivity contribution in [1.29, 1.82) is 5.26 Å². The van der Waals surface area contributed by atoms with Gasteiger partial charge in [-0.25, -0.2) is 24.1 Å². The Morgan fingerprint density at radius 3 is 2.85 bits per heavy atom. The monoisotopic (exact) mass is 352 g/mol. The van der Waals surface area contributed by atoms with Crippen molar-refractivity contribution < 1.29 is 14.3 Å². The highest BCUT2D eigenvalue weighted by Crippen LogP contribution is 2.26. The number of carboxylic acids is 1. The predicted octanol–water partition coefficient (Wildman–Crippen LogP) is 2.49. The van der Waals surface area contributed by atoms with E-state index in [1.54, 1.807) is 6.92 Å². The van der Waals surface area contributed by atoms with Crippen LogP contribution in [0.15, 0.2) is 30.6 Å². The van der Waals surface area contributed by atoms with Gasteiger partial charge in [-0.3, -0.25) is 0 Å². The van der Waals surface area contributed by atoms with Crippen molar-refractivity contribution in [3.05, 3.63) is 53.2 Å². The van der Waals surface area contributed by atoms with Gasteiger partial charge in [0.2, 0.25) is 0 Å². The topological polar surface area (TPSA) is 138 Å². The largest absolute Gasteiger partial charge is 0.478 e. The Balaban J connectivity index is 2.08. The lowest BCUT2D eigenvalue weighted by atomic mass is 10.0. The number of nitrogens with zero attached hydrogens (tertiary/aromatic N) is 4. The third-order valence-electron chi connectivity index (χ3n) is 3.79. The fourth-order valence-electron chi connectivity index (χ4n) is 2.56. The molecule has 1 atom stereocenters. The molecule has 0 aliphatic carbocycles. The third-order valence-corrected chi connectivity index (χ3v) is 3.79. The third kappa shape index (κ3) is 3.08. The van der Waals surface area contributed by atoms with Gasteiger partial charge in [-0.2, -0.15) is 5.26 Å². The fraction of sp³-hybridized carbons (Fsp3) is 0.118. The van der Waals surface area contributed by atoms with E-state index in [0.29, 0.717) is 10.9 Å². The maximum Gasteiger partial charge on any atom is 0.337 e. The van der Waals surface area contributed by atoms with Crippen LogP contribution < -0.4 is 11.1 Å². The lowest BCUT2D eigenvalue weighted by Crippen LogP contribution is -2.16. The summed E-state index contributed by atoms with van der Waals surface area (Å²) < 4.78 is 13.4. The molecule has 2 aromatic heterocycles. The van der Waals surface area contributed by atoms with Crippen LogP contribution in [-0.2, 0) is 0 Å². The summed E-state index contributed by atoms with van der Waals surface area (Å²) in [5, 5.41) is 22.0. The first-order valence-corrected chi connectivity index (χ1v) is 7.51. The molecule has 3 rings (SSSR count). The number of hydrogen-bond acceptors (Lipinski definition) is 7. The Bertz CT molecular complexity index is 1060. The van der Waals surface area contributed by atoms with Gasteiger partial charge in [0.15, 0.2) is 0 Å². The molecule has 26 heavy (non-hydrogen) atoms. The SMILES string of the molecule is CC(Nc1ncnc(N)c1C#N)c1nc2ccc(F)cc2cc1C(=O)O. The van der Waals surface area contributed by atoms with E-state index in [2.05, 4.69) is 20.3 Å². The highest BCUT2D eigenvalue weighted by atomic mass is 19.1. The van der Waals surface area contributed by atoms with Gasteiger partial charge in [0, 0.05) is 5.39 Å².